The molecule has 2 aliphatic carbocycles. The molecular formula is C15H18O2. The summed E-state index contributed by atoms with van der Waals surface area (Å²) in [5.74, 6) is 0.751. The molecule has 0 heterocycles. The van der Waals surface area contributed by atoms with E-state index in [2.05, 4.69) is 6.07 Å². The van der Waals surface area contributed by atoms with Gasteiger partial charge < -0.3 is 5.11 Å². The third-order valence-electron chi connectivity index (χ3n) is 4.48. The van der Waals surface area contributed by atoms with Gasteiger partial charge >= 0.3 is 5.97 Å². The molecule has 17 heavy (non-hydrogen) atoms. The Morgan fingerprint density at radius 3 is 2.82 bits per heavy atom. The van der Waals surface area contributed by atoms with Crippen LogP contribution in [0.25, 0.3) is 0 Å². The predicted octanol–water partition coefficient (Wildman–Crippen LogP) is 3.60. The summed E-state index contributed by atoms with van der Waals surface area (Å²) in [4.78, 5) is 11.0. The quantitative estimate of drug-likeness (QED) is 0.800. The fourth-order valence-corrected chi connectivity index (χ4v) is 3.62. The van der Waals surface area contributed by atoms with Gasteiger partial charge in [-0.3, -0.25) is 0 Å². The number of aryl methyl sites for hydroxylation is 1. The highest BCUT2D eigenvalue weighted by atomic mass is 16.4. The summed E-state index contributed by atoms with van der Waals surface area (Å²) in [5.41, 5.74) is 3.16. The Hall–Kier alpha value is -1.31. The van der Waals surface area contributed by atoms with E-state index in [1.165, 1.54) is 43.2 Å². The van der Waals surface area contributed by atoms with Gasteiger partial charge in [-0.2, -0.15) is 0 Å². The molecule has 1 fully saturated rings. The first-order valence-corrected chi connectivity index (χ1v) is 6.62. The molecule has 2 unspecified atom stereocenters. The zero-order chi connectivity index (χ0) is 11.8. The van der Waals surface area contributed by atoms with Crippen molar-refractivity contribution in [2.24, 2.45) is 5.92 Å². The van der Waals surface area contributed by atoms with Gasteiger partial charge in [0.05, 0.1) is 5.56 Å². The van der Waals surface area contributed by atoms with Crippen LogP contribution >= 0.6 is 0 Å². The zero-order valence-electron chi connectivity index (χ0n) is 9.98. The van der Waals surface area contributed by atoms with E-state index in [1.807, 2.05) is 6.07 Å². The molecule has 0 aromatic heterocycles. The Labute approximate surface area is 102 Å². The van der Waals surface area contributed by atoms with Crippen LogP contribution in [0.15, 0.2) is 18.2 Å². The number of hydrogen-bond acceptors (Lipinski definition) is 1. The number of benzene rings is 1. The third-order valence-corrected chi connectivity index (χ3v) is 4.48. The molecule has 0 aliphatic heterocycles. The maximum absolute atomic E-state index is 11.0. The zero-order valence-corrected chi connectivity index (χ0v) is 9.98. The Bertz CT molecular complexity index is 450. The predicted molar refractivity (Wildman–Crippen MR) is 66.4 cm³/mol. The fraction of sp³-hybridized carbons (Fsp3) is 0.533. The number of carboxylic acid groups (broad SMARTS) is 1. The van der Waals surface area contributed by atoms with E-state index in [1.54, 1.807) is 6.07 Å². The summed E-state index contributed by atoms with van der Waals surface area (Å²) in [6, 6.07) is 5.74. The third kappa shape index (κ3) is 1.86. The molecule has 2 aliphatic rings. The van der Waals surface area contributed by atoms with Gasteiger partial charge in [0.15, 0.2) is 0 Å². The van der Waals surface area contributed by atoms with Crippen molar-refractivity contribution >= 4 is 5.97 Å². The lowest BCUT2D eigenvalue weighted by Gasteiger charge is -2.37. The lowest BCUT2D eigenvalue weighted by molar-refractivity contribution is 0.0696. The molecule has 2 atom stereocenters. The van der Waals surface area contributed by atoms with Gasteiger partial charge in [0.2, 0.25) is 0 Å². The van der Waals surface area contributed by atoms with E-state index >= 15 is 0 Å². The van der Waals surface area contributed by atoms with E-state index in [0.29, 0.717) is 11.5 Å². The van der Waals surface area contributed by atoms with Gasteiger partial charge in [0.1, 0.15) is 0 Å². The minimum absolute atomic E-state index is 0.443. The van der Waals surface area contributed by atoms with Gasteiger partial charge in [-0.25, -0.2) is 4.79 Å². The number of hydrogen-bond donors (Lipinski definition) is 1. The molecule has 1 aromatic carbocycles. The number of carbonyl (C=O) groups is 1. The maximum Gasteiger partial charge on any atom is 0.335 e. The van der Waals surface area contributed by atoms with Gasteiger partial charge in [0.25, 0.3) is 0 Å². The van der Waals surface area contributed by atoms with Gasteiger partial charge in [-0.15, -0.1) is 0 Å². The number of rotatable bonds is 1. The van der Waals surface area contributed by atoms with E-state index in [4.69, 9.17) is 5.11 Å². The lowest BCUT2D eigenvalue weighted by atomic mass is 9.68. The van der Waals surface area contributed by atoms with Crippen LogP contribution < -0.4 is 0 Å². The first-order chi connectivity index (χ1) is 8.25. The minimum Gasteiger partial charge on any atom is -0.478 e. The van der Waals surface area contributed by atoms with Crippen molar-refractivity contribution in [2.45, 2.75) is 44.4 Å². The van der Waals surface area contributed by atoms with Crippen LogP contribution in [0.3, 0.4) is 0 Å². The van der Waals surface area contributed by atoms with Crippen LogP contribution in [-0.2, 0) is 6.42 Å². The van der Waals surface area contributed by atoms with E-state index in [9.17, 15) is 4.79 Å². The van der Waals surface area contributed by atoms with Gasteiger partial charge in [0, 0.05) is 0 Å². The number of fused-ring (bicyclic) bond motifs is 3. The van der Waals surface area contributed by atoms with Crippen LogP contribution in [0.4, 0.5) is 0 Å². The number of aromatic carboxylic acids is 1. The molecule has 3 rings (SSSR count). The van der Waals surface area contributed by atoms with Crippen LogP contribution in [-0.4, -0.2) is 11.1 Å². The summed E-state index contributed by atoms with van der Waals surface area (Å²) in [7, 11) is 0. The smallest absolute Gasteiger partial charge is 0.335 e. The Balaban J connectivity index is 1.97. The van der Waals surface area contributed by atoms with Crippen LogP contribution in [0.1, 0.15) is 59.5 Å². The normalized spacial score (nSPS) is 27.1. The highest BCUT2D eigenvalue weighted by Gasteiger charge is 2.31. The van der Waals surface area contributed by atoms with Crippen molar-refractivity contribution < 1.29 is 9.90 Å². The highest BCUT2D eigenvalue weighted by Crippen LogP contribution is 2.45. The minimum atomic E-state index is -0.807. The molecule has 1 saturated carbocycles. The van der Waals surface area contributed by atoms with Crippen molar-refractivity contribution in [2.75, 3.05) is 0 Å². The van der Waals surface area contributed by atoms with E-state index < -0.39 is 5.97 Å². The molecule has 2 nitrogen and oxygen atoms in total. The van der Waals surface area contributed by atoms with Crippen molar-refractivity contribution in [3.8, 4) is 0 Å². The molecule has 2 heteroatoms. The SMILES string of the molecule is O=C(O)c1ccc2c(c1)CCC1CCCCC21. The summed E-state index contributed by atoms with van der Waals surface area (Å²) < 4.78 is 0. The van der Waals surface area contributed by atoms with Crippen LogP contribution in [0, 0.1) is 5.92 Å². The molecule has 0 saturated heterocycles. The summed E-state index contributed by atoms with van der Waals surface area (Å²) in [6.45, 7) is 0. The summed E-state index contributed by atoms with van der Waals surface area (Å²) in [5, 5.41) is 9.02. The van der Waals surface area contributed by atoms with Gasteiger partial charge in [-0.1, -0.05) is 18.9 Å². The van der Waals surface area contributed by atoms with Crippen molar-refractivity contribution in [3.63, 3.8) is 0 Å². The lowest BCUT2D eigenvalue weighted by Crippen LogP contribution is -2.24. The molecule has 0 spiro atoms. The molecule has 90 valence electrons. The molecule has 0 radical (unpaired) electrons. The second-order valence-corrected chi connectivity index (χ2v) is 5.41. The van der Waals surface area contributed by atoms with E-state index in [-0.39, 0.29) is 0 Å². The monoisotopic (exact) mass is 230 g/mol. The molecule has 1 N–H and O–H groups in total. The first-order valence-electron chi connectivity index (χ1n) is 6.62. The maximum atomic E-state index is 11.0. The Morgan fingerprint density at radius 1 is 1.18 bits per heavy atom. The second kappa shape index (κ2) is 4.17. The van der Waals surface area contributed by atoms with Crippen molar-refractivity contribution in [1.29, 1.82) is 0 Å². The molecule has 0 amide bonds. The standard InChI is InChI=1S/C15H18O2/c16-15(17)12-7-8-14-11(9-12)6-5-10-3-1-2-4-13(10)14/h7-10,13H,1-6H2,(H,16,17). The average molecular weight is 230 g/mol. The molecule has 0 bridgehead atoms. The summed E-state index contributed by atoms with van der Waals surface area (Å²) >= 11 is 0. The van der Waals surface area contributed by atoms with E-state index in [0.717, 1.165) is 12.3 Å². The van der Waals surface area contributed by atoms with Crippen molar-refractivity contribution in [3.05, 3.63) is 34.9 Å². The Morgan fingerprint density at radius 2 is 2.00 bits per heavy atom. The van der Waals surface area contributed by atoms with Crippen molar-refractivity contribution in [1.82, 2.24) is 0 Å². The topological polar surface area (TPSA) is 37.3 Å². The number of carboxylic acids is 1. The molecule has 1 aromatic rings. The fourth-order valence-electron chi connectivity index (χ4n) is 3.62. The van der Waals surface area contributed by atoms with Crippen LogP contribution in [0.5, 0.6) is 0 Å². The Kier molecular flexibility index (Phi) is 2.65. The molecular weight excluding hydrogens is 212 g/mol. The second-order valence-electron chi connectivity index (χ2n) is 5.41. The van der Waals surface area contributed by atoms with Crippen LogP contribution in [0.2, 0.25) is 0 Å². The average Bonchev–Trinajstić information content (AvgIpc) is 2.38. The largest absolute Gasteiger partial charge is 0.478 e. The summed E-state index contributed by atoms with van der Waals surface area (Å²) in [6.07, 6.45) is 7.69. The highest BCUT2D eigenvalue weighted by molar-refractivity contribution is 5.88. The van der Waals surface area contributed by atoms with Gasteiger partial charge in [-0.05, 0) is 60.8 Å². The first kappa shape index (κ1) is 10.8.